The first kappa shape index (κ1) is 23.5. The molecule has 9 heteroatoms. The van der Waals surface area contributed by atoms with Crippen LogP contribution >= 0.6 is 11.8 Å². The number of rotatable bonds is 8. The summed E-state index contributed by atoms with van der Waals surface area (Å²) in [6, 6.07) is 22.9. The molecule has 1 atom stereocenters. The molecule has 1 N–H and O–H groups in total. The molecule has 1 amide bonds. The molecule has 5 aromatic rings. The van der Waals surface area contributed by atoms with Gasteiger partial charge in [0.1, 0.15) is 28.2 Å². The zero-order valence-corrected chi connectivity index (χ0v) is 20.2. The maximum Gasteiger partial charge on any atom is 0.242 e. The smallest absolute Gasteiger partial charge is 0.242 e. The first-order valence-electron chi connectivity index (χ1n) is 11.3. The molecule has 0 aliphatic rings. The zero-order valence-electron chi connectivity index (χ0n) is 19.3. The number of aromatic nitrogens is 4. The van der Waals surface area contributed by atoms with Crippen LogP contribution in [-0.4, -0.2) is 32.3 Å². The summed E-state index contributed by atoms with van der Waals surface area (Å²) in [5.41, 5.74) is 2.66. The van der Waals surface area contributed by atoms with Crippen molar-refractivity contribution in [3.05, 3.63) is 103 Å². The van der Waals surface area contributed by atoms with E-state index in [1.54, 1.807) is 23.0 Å². The molecule has 0 spiro atoms. The van der Waals surface area contributed by atoms with Crippen molar-refractivity contribution in [2.24, 2.45) is 0 Å². The molecule has 0 aliphatic carbocycles. The van der Waals surface area contributed by atoms with Crippen LogP contribution in [0.15, 0.2) is 96.4 Å². The van der Waals surface area contributed by atoms with E-state index in [9.17, 15) is 9.18 Å². The molecule has 7 nitrogen and oxygen atoms in total. The Bertz CT molecular complexity index is 1490. The van der Waals surface area contributed by atoms with Gasteiger partial charge in [-0.2, -0.15) is 5.10 Å². The molecule has 0 fully saturated rings. The lowest BCUT2D eigenvalue weighted by Gasteiger charge is -2.18. The summed E-state index contributed by atoms with van der Waals surface area (Å²) in [6.45, 7) is 2.38. The van der Waals surface area contributed by atoms with E-state index in [2.05, 4.69) is 20.4 Å². The topological polar surface area (TPSA) is 81.9 Å². The molecule has 0 aliphatic heterocycles. The lowest BCUT2D eigenvalue weighted by molar-refractivity contribution is -0.115. The van der Waals surface area contributed by atoms with E-state index in [1.807, 2.05) is 61.5 Å². The average molecular weight is 500 g/mol. The van der Waals surface area contributed by atoms with Gasteiger partial charge in [0, 0.05) is 0 Å². The largest absolute Gasteiger partial charge is 0.492 e. The number of anilines is 1. The molecular weight excluding hydrogens is 477 g/mol. The molecule has 3 aromatic carbocycles. The van der Waals surface area contributed by atoms with Gasteiger partial charge < -0.3 is 10.1 Å². The number of hydrogen-bond donors (Lipinski definition) is 1. The minimum Gasteiger partial charge on any atom is -0.492 e. The van der Waals surface area contributed by atoms with Gasteiger partial charge in [-0.3, -0.25) is 4.79 Å². The number of benzene rings is 3. The van der Waals surface area contributed by atoms with Gasteiger partial charge in [0.2, 0.25) is 5.91 Å². The minimum atomic E-state index is -0.604. The highest BCUT2D eigenvalue weighted by Crippen LogP contribution is 2.39. The molecule has 5 rings (SSSR count). The van der Waals surface area contributed by atoms with Crippen molar-refractivity contribution in [3.8, 4) is 11.4 Å². The summed E-state index contributed by atoms with van der Waals surface area (Å²) in [6.07, 6.45) is 3.10. The van der Waals surface area contributed by atoms with Gasteiger partial charge in [-0.1, -0.05) is 54.2 Å². The second-order valence-corrected chi connectivity index (χ2v) is 8.87. The van der Waals surface area contributed by atoms with E-state index in [4.69, 9.17) is 4.74 Å². The quantitative estimate of drug-likeness (QED) is 0.214. The summed E-state index contributed by atoms with van der Waals surface area (Å²) in [4.78, 5) is 22.4. The normalized spacial score (nSPS) is 11.8. The van der Waals surface area contributed by atoms with Crippen molar-refractivity contribution >= 4 is 34.4 Å². The van der Waals surface area contributed by atoms with Crippen molar-refractivity contribution in [2.75, 3.05) is 11.9 Å². The van der Waals surface area contributed by atoms with Crippen molar-refractivity contribution in [2.45, 2.75) is 17.2 Å². The number of hydrogen-bond acceptors (Lipinski definition) is 6. The fourth-order valence-electron chi connectivity index (χ4n) is 3.75. The number of nitrogens with zero attached hydrogens (tertiary/aromatic N) is 4. The van der Waals surface area contributed by atoms with Crippen LogP contribution < -0.4 is 10.1 Å². The molecule has 0 saturated carbocycles. The molecular formula is C27H22FN5O2S. The van der Waals surface area contributed by atoms with E-state index >= 15 is 0 Å². The zero-order chi connectivity index (χ0) is 24.9. The fraction of sp³-hybridized carbons (Fsp3) is 0.111. The lowest BCUT2D eigenvalue weighted by Crippen LogP contribution is -2.19. The minimum absolute atomic E-state index is 0.212. The Morgan fingerprint density at radius 1 is 1.03 bits per heavy atom. The predicted octanol–water partition coefficient (Wildman–Crippen LogP) is 5.83. The number of fused-ring (bicyclic) bond motifs is 1. The number of thioether (sulfide) groups is 1. The Morgan fingerprint density at radius 2 is 1.78 bits per heavy atom. The number of para-hydroxylation sites is 2. The van der Waals surface area contributed by atoms with E-state index in [0.717, 1.165) is 5.56 Å². The van der Waals surface area contributed by atoms with E-state index < -0.39 is 5.25 Å². The van der Waals surface area contributed by atoms with Crippen LogP contribution in [0.25, 0.3) is 16.7 Å². The Kier molecular flexibility index (Phi) is 6.90. The second kappa shape index (κ2) is 10.6. The average Bonchev–Trinajstić information content (AvgIpc) is 3.34. The van der Waals surface area contributed by atoms with Crippen molar-refractivity contribution in [3.63, 3.8) is 0 Å². The third kappa shape index (κ3) is 4.92. The van der Waals surface area contributed by atoms with Crippen LogP contribution in [0.3, 0.4) is 0 Å². The number of nitrogens with one attached hydrogen (secondary N) is 1. The number of amides is 1. The summed E-state index contributed by atoms with van der Waals surface area (Å²) >= 11 is 1.31. The van der Waals surface area contributed by atoms with Crippen LogP contribution in [0.4, 0.5) is 10.1 Å². The Labute approximate surface area is 211 Å². The molecule has 0 radical (unpaired) electrons. The summed E-state index contributed by atoms with van der Waals surface area (Å²) in [5, 5.41) is 8.15. The predicted molar refractivity (Wildman–Crippen MR) is 138 cm³/mol. The van der Waals surface area contributed by atoms with Crippen LogP contribution in [0.1, 0.15) is 17.7 Å². The van der Waals surface area contributed by atoms with E-state index in [1.165, 1.54) is 30.2 Å². The van der Waals surface area contributed by atoms with Crippen molar-refractivity contribution in [1.82, 2.24) is 19.7 Å². The number of carbonyl (C=O) groups excluding carboxylic acids is 1. The van der Waals surface area contributed by atoms with Gasteiger partial charge in [0.05, 0.1) is 29.6 Å². The third-order valence-corrected chi connectivity index (χ3v) is 6.69. The maximum absolute atomic E-state index is 13.6. The van der Waals surface area contributed by atoms with Crippen LogP contribution in [0.2, 0.25) is 0 Å². The Balaban J connectivity index is 1.49. The van der Waals surface area contributed by atoms with Gasteiger partial charge >= 0.3 is 0 Å². The van der Waals surface area contributed by atoms with Crippen LogP contribution in [0, 0.1) is 5.82 Å². The first-order valence-corrected chi connectivity index (χ1v) is 12.2. The molecule has 0 saturated heterocycles. The van der Waals surface area contributed by atoms with Gasteiger partial charge in [-0.05, 0) is 48.9 Å². The van der Waals surface area contributed by atoms with E-state index in [0.29, 0.717) is 39.8 Å². The van der Waals surface area contributed by atoms with Gasteiger partial charge in [0.15, 0.2) is 5.65 Å². The number of halogens is 1. The van der Waals surface area contributed by atoms with Crippen LogP contribution in [-0.2, 0) is 4.79 Å². The SMILES string of the molecule is CCOc1ccccc1NC(=O)[C@H](Sc1ncnc2c1cnn2-c1ccc(F)cc1)c1ccccc1. The molecule has 180 valence electrons. The lowest BCUT2D eigenvalue weighted by atomic mass is 10.1. The highest BCUT2D eigenvalue weighted by Gasteiger charge is 2.25. The third-order valence-electron chi connectivity index (χ3n) is 5.42. The van der Waals surface area contributed by atoms with Gasteiger partial charge in [-0.25, -0.2) is 19.0 Å². The van der Waals surface area contributed by atoms with Crippen molar-refractivity contribution < 1.29 is 13.9 Å². The molecule has 0 bridgehead atoms. The molecule has 2 heterocycles. The van der Waals surface area contributed by atoms with Gasteiger partial charge in [0.25, 0.3) is 0 Å². The number of ether oxygens (including phenoxy) is 1. The molecule has 2 aromatic heterocycles. The maximum atomic E-state index is 13.6. The number of carbonyl (C=O) groups is 1. The first-order chi connectivity index (χ1) is 17.6. The molecule has 0 unspecified atom stereocenters. The highest BCUT2D eigenvalue weighted by molar-refractivity contribution is 8.00. The Morgan fingerprint density at radius 3 is 2.56 bits per heavy atom. The second-order valence-electron chi connectivity index (χ2n) is 7.78. The Hall–Kier alpha value is -4.24. The monoisotopic (exact) mass is 499 g/mol. The standard InChI is InChI=1S/C27H22FN5O2S/c1-2-35-23-11-7-6-10-22(23)32-26(34)24(18-8-4-3-5-9-18)36-27-21-16-31-33(25(21)29-17-30-27)20-14-12-19(28)13-15-20/h3-17,24H,2H2,1H3,(H,32,34)/t24-/m1/s1. The van der Waals surface area contributed by atoms with Crippen molar-refractivity contribution in [1.29, 1.82) is 0 Å². The molecule has 36 heavy (non-hydrogen) atoms. The summed E-state index contributed by atoms with van der Waals surface area (Å²) < 4.78 is 20.7. The summed E-state index contributed by atoms with van der Waals surface area (Å²) in [5.74, 6) is 0.0647. The fourth-order valence-corrected chi connectivity index (χ4v) is 4.81. The van der Waals surface area contributed by atoms with E-state index in [-0.39, 0.29) is 11.7 Å². The van der Waals surface area contributed by atoms with Gasteiger partial charge in [-0.15, -0.1) is 0 Å². The highest BCUT2D eigenvalue weighted by atomic mass is 32.2. The van der Waals surface area contributed by atoms with Crippen LogP contribution in [0.5, 0.6) is 5.75 Å². The summed E-state index contributed by atoms with van der Waals surface area (Å²) in [7, 11) is 0.